The first-order valence-corrected chi connectivity index (χ1v) is 5.55. The predicted molar refractivity (Wildman–Crippen MR) is 63.6 cm³/mol. The Balaban J connectivity index is 2.34. The number of aromatic carboxylic acids is 1. The SMILES string of the molecule is O=C(O)c1cn(Cc2ccc(O)cc2)cc1C(F)(F)F. The summed E-state index contributed by atoms with van der Waals surface area (Å²) < 4.78 is 39.3. The Morgan fingerprint density at radius 3 is 2.20 bits per heavy atom. The molecule has 1 heterocycles. The first-order chi connectivity index (χ1) is 9.27. The van der Waals surface area contributed by atoms with Gasteiger partial charge in [-0.3, -0.25) is 0 Å². The summed E-state index contributed by atoms with van der Waals surface area (Å²) in [7, 11) is 0. The molecule has 2 rings (SSSR count). The quantitative estimate of drug-likeness (QED) is 0.911. The maximum atomic E-state index is 12.7. The Morgan fingerprint density at radius 1 is 1.15 bits per heavy atom. The molecule has 0 saturated heterocycles. The highest BCUT2D eigenvalue weighted by Crippen LogP contribution is 2.32. The lowest BCUT2D eigenvalue weighted by Gasteiger charge is -2.05. The smallest absolute Gasteiger partial charge is 0.418 e. The number of hydrogen-bond donors (Lipinski definition) is 2. The molecule has 0 amide bonds. The van der Waals surface area contributed by atoms with E-state index in [1.54, 1.807) is 12.1 Å². The van der Waals surface area contributed by atoms with E-state index in [9.17, 15) is 18.0 Å². The molecule has 106 valence electrons. The number of benzene rings is 1. The van der Waals surface area contributed by atoms with E-state index in [1.807, 2.05) is 0 Å². The van der Waals surface area contributed by atoms with Gasteiger partial charge in [0.25, 0.3) is 0 Å². The van der Waals surface area contributed by atoms with Crippen molar-refractivity contribution in [2.24, 2.45) is 0 Å². The molecule has 0 unspecified atom stereocenters. The monoisotopic (exact) mass is 285 g/mol. The van der Waals surface area contributed by atoms with Gasteiger partial charge in [-0.1, -0.05) is 12.1 Å². The van der Waals surface area contributed by atoms with E-state index in [1.165, 1.54) is 12.1 Å². The molecule has 2 N–H and O–H groups in total. The lowest BCUT2D eigenvalue weighted by molar-refractivity contribution is -0.138. The summed E-state index contributed by atoms with van der Waals surface area (Å²) >= 11 is 0. The molecular formula is C13H10F3NO3. The van der Waals surface area contributed by atoms with Crippen LogP contribution in [0.4, 0.5) is 13.2 Å². The second-order valence-corrected chi connectivity index (χ2v) is 4.23. The van der Waals surface area contributed by atoms with E-state index in [-0.39, 0.29) is 12.3 Å². The van der Waals surface area contributed by atoms with Gasteiger partial charge in [0.05, 0.1) is 11.1 Å². The summed E-state index contributed by atoms with van der Waals surface area (Å²) in [4.78, 5) is 10.8. The van der Waals surface area contributed by atoms with Gasteiger partial charge in [-0.15, -0.1) is 0 Å². The first-order valence-electron chi connectivity index (χ1n) is 5.55. The van der Waals surface area contributed by atoms with E-state index in [0.717, 1.165) is 17.0 Å². The number of aromatic hydroxyl groups is 1. The van der Waals surface area contributed by atoms with Crippen LogP contribution in [0.2, 0.25) is 0 Å². The Bertz CT molecular complexity index is 629. The van der Waals surface area contributed by atoms with E-state index < -0.39 is 23.3 Å². The highest BCUT2D eigenvalue weighted by atomic mass is 19.4. The van der Waals surface area contributed by atoms with Gasteiger partial charge in [0.1, 0.15) is 5.75 Å². The van der Waals surface area contributed by atoms with Crippen LogP contribution in [0.3, 0.4) is 0 Å². The molecule has 0 fully saturated rings. The van der Waals surface area contributed by atoms with Crippen LogP contribution in [-0.4, -0.2) is 20.7 Å². The number of carboxylic acids is 1. The molecule has 0 spiro atoms. The van der Waals surface area contributed by atoms with Crippen molar-refractivity contribution < 1.29 is 28.2 Å². The van der Waals surface area contributed by atoms with E-state index >= 15 is 0 Å². The summed E-state index contributed by atoms with van der Waals surface area (Å²) in [5.41, 5.74) is -1.32. The zero-order chi connectivity index (χ0) is 14.9. The zero-order valence-corrected chi connectivity index (χ0v) is 10.1. The van der Waals surface area contributed by atoms with Crippen molar-refractivity contribution in [1.82, 2.24) is 4.57 Å². The highest BCUT2D eigenvalue weighted by Gasteiger charge is 2.36. The molecule has 0 aliphatic heterocycles. The number of carboxylic acid groups (broad SMARTS) is 1. The molecule has 20 heavy (non-hydrogen) atoms. The third-order valence-corrected chi connectivity index (χ3v) is 2.72. The summed E-state index contributed by atoms with van der Waals surface area (Å²) in [5, 5.41) is 17.9. The average molecular weight is 285 g/mol. The maximum Gasteiger partial charge on any atom is 0.418 e. The third kappa shape index (κ3) is 2.93. The molecule has 1 aromatic heterocycles. The molecule has 0 aliphatic carbocycles. The van der Waals surface area contributed by atoms with Gasteiger partial charge >= 0.3 is 12.1 Å². The van der Waals surface area contributed by atoms with E-state index in [0.29, 0.717) is 5.56 Å². The molecule has 1 aromatic carbocycles. The van der Waals surface area contributed by atoms with Gasteiger partial charge in [0, 0.05) is 18.9 Å². The molecule has 0 saturated carbocycles. The summed E-state index contributed by atoms with van der Waals surface area (Å²) in [6, 6.07) is 5.90. The first kappa shape index (κ1) is 14.0. The fourth-order valence-electron chi connectivity index (χ4n) is 1.81. The number of carbonyl (C=O) groups is 1. The number of aromatic nitrogens is 1. The topological polar surface area (TPSA) is 62.5 Å². The van der Waals surface area contributed by atoms with Gasteiger partial charge in [0.2, 0.25) is 0 Å². The zero-order valence-electron chi connectivity index (χ0n) is 10.1. The third-order valence-electron chi connectivity index (χ3n) is 2.72. The second kappa shape index (κ2) is 4.92. The number of phenolic OH excluding ortho intramolecular Hbond substituents is 1. The van der Waals surface area contributed by atoms with Gasteiger partial charge in [0.15, 0.2) is 0 Å². The van der Waals surface area contributed by atoms with Crippen LogP contribution < -0.4 is 0 Å². The van der Waals surface area contributed by atoms with Crippen molar-refractivity contribution in [1.29, 1.82) is 0 Å². The Hall–Kier alpha value is -2.44. The van der Waals surface area contributed by atoms with Crippen molar-refractivity contribution in [3.8, 4) is 5.75 Å². The summed E-state index contributed by atoms with van der Waals surface area (Å²) in [6.45, 7) is 0.0800. The standard InChI is InChI=1S/C13H10F3NO3/c14-13(15,16)11-7-17(6-10(11)12(19)20)5-8-1-3-9(18)4-2-8/h1-4,6-7,18H,5H2,(H,19,20). The number of alkyl halides is 3. The molecule has 7 heteroatoms. The number of hydrogen-bond acceptors (Lipinski definition) is 2. The number of nitrogens with zero attached hydrogens (tertiary/aromatic N) is 1. The molecule has 0 aliphatic rings. The van der Waals surface area contributed by atoms with E-state index in [4.69, 9.17) is 10.2 Å². The van der Waals surface area contributed by atoms with Crippen LogP contribution in [0.5, 0.6) is 5.75 Å². The Morgan fingerprint density at radius 2 is 1.75 bits per heavy atom. The second-order valence-electron chi connectivity index (χ2n) is 4.23. The average Bonchev–Trinajstić information content (AvgIpc) is 2.76. The fraction of sp³-hybridized carbons (Fsp3) is 0.154. The fourth-order valence-corrected chi connectivity index (χ4v) is 1.81. The minimum atomic E-state index is -4.71. The molecule has 0 bridgehead atoms. The van der Waals surface area contributed by atoms with Gasteiger partial charge in [-0.2, -0.15) is 13.2 Å². The van der Waals surface area contributed by atoms with E-state index in [2.05, 4.69) is 0 Å². The van der Waals surface area contributed by atoms with Crippen molar-refractivity contribution in [3.63, 3.8) is 0 Å². The van der Waals surface area contributed by atoms with Crippen molar-refractivity contribution in [2.45, 2.75) is 12.7 Å². The van der Waals surface area contributed by atoms with Gasteiger partial charge < -0.3 is 14.8 Å². The normalized spacial score (nSPS) is 11.6. The van der Waals surface area contributed by atoms with Crippen molar-refractivity contribution in [3.05, 3.63) is 53.3 Å². The van der Waals surface area contributed by atoms with Crippen LogP contribution in [-0.2, 0) is 12.7 Å². The lowest BCUT2D eigenvalue weighted by Crippen LogP contribution is -2.09. The predicted octanol–water partition coefficient (Wildman–Crippen LogP) is 2.96. The van der Waals surface area contributed by atoms with Crippen LogP contribution in [0.15, 0.2) is 36.7 Å². The van der Waals surface area contributed by atoms with Gasteiger partial charge in [-0.25, -0.2) is 4.79 Å². The molecule has 0 atom stereocenters. The minimum absolute atomic E-state index is 0.0449. The van der Waals surface area contributed by atoms with Crippen molar-refractivity contribution in [2.75, 3.05) is 0 Å². The largest absolute Gasteiger partial charge is 0.508 e. The van der Waals surface area contributed by atoms with Gasteiger partial charge in [-0.05, 0) is 17.7 Å². The molecular weight excluding hydrogens is 275 g/mol. The van der Waals surface area contributed by atoms with Crippen molar-refractivity contribution >= 4 is 5.97 Å². The lowest BCUT2D eigenvalue weighted by atomic mass is 10.2. The summed E-state index contributed by atoms with van der Waals surface area (Å²) in [6.07, 6.45) is -3.01. The maximum absolute atomic E-state index is 12.7. The Labute approximate surface area is 111 Å². The minimum Gasteiger partial charge on any atom is -0.508 e. The Kier molecular flexibility index (Phi) is 3.44. The highest BCUT2D eigenvalue weighted by molar-refractivity contribution is 5.89. The van der Waals surface area contributed by atoms with Crippen LogP contribution >= 0.6 is 0 Å². The molecule has 0 radical (unpaired) electrons. The molecule has 4 nitrogen and oxygen atoms in total. The van der Waals surface area contributed by atoms with Crippen LogP contribution in [0, 0.1) is 0 Å². The number of halogens is 3. The molecule has 2 aromatic rings. The summed E-state index contributed by atoms with van der Waals surface area (Å²) in [5.74, 6) is -1.58. The van der Waals surface area contributed by atoms with Crippen LogP contribution in [0.1, 0.15) is 21.5 Å². The number of rotatable bonds is 3. The van der Waals surface area contributed by atoms with Crippen LogP contribution in [0.25, 0.3) is 0 Å². The number of phenols is 1.